The average Bonchev–Trinajstić information content (AvgIpc) is 2.50. The van der Waals surface area contributed by atoms with E-state index in [2.05, 4.69) is 0 Å². The Hall–Kier alpha value is -1.14. The maximum absolute atomic E-state index is 14.2. The fourth-order valence-corrected chi connectivity index (χ4v) is 3.76. The number of rotatable bonds is 3. The molecule has 1 heterocycles. The molecule has 1 aliphatic heterocycles. The molecule has 4 nitrogen and oxygen atoms in total. The van der Waals surface area contributed by atoms with Gasteiger partial charge in [-0.05, 0) is 37.5 Å². The predicted molar refractivity (Wildman–Crippen MR) is 79.2 cm³/mol. The molecular formula is C14H21FN2O2S. The molecule has 1 aromatic rings. The smallest absolute Gasteiger partial charge is 0.152 e. The van der Waals surface area contributed by atoms with E-state index in [1.165, 1.54) is 6.07 Å². The number of hydrogen-bond acceptors (Lipinski definition) is 4. The van der Waals surface area contributed by atoms with Crippen LogP contribution in [-0.2, 0) is 16.3 Å². The SMILES string of the molecule is CC(N)Cc1ccc(N2CCCS(=O)(=O)CC2)c(F)c1. The zero-order valence-electron chi connectivity index (χ0n) is 11.7. The van der Waals surface area contributed by atoms with E-state index >= 15 is 0 Å². The lowest BCUT2D eigenvalue weighted by Gasteiger charge is -2.23. The van der Waals surface area contributed by atoms with Crippen LogP contribution >= 0.6 is 0 Å². The van der Waals surface area contributed by atoms with Gasteiger partial charge >= 0.3 is 0 Å². The lowest BCUT2D eigenvalue weighted by atomic mass is 10.1. The van der Waals surface area contributed by atoms with Crippen molar-refractivity contribution in [1.29, 1.82) is 0 Å². The lowest BCUT2D eigenvalue weighted by Crippen LogP contribution is -2.27. The van der Waals surface area contributed by atoms with Gasteiger partial charge in [0.1, 0.15) is 5.82 Å². The number of hydrogen-bond donors (Lipinski definition) is 1. The Labute approximate surface area is 119 Å². The summed E-state index contributed by atoms with van der Waals surface area (Å²) in [6.45, 7) is 2.81. The molecule has 0 bridgehead atoms. The third-order valence-corrected chi connectivity index (χ3v) is 5.18. The highest BCUT2D eigenvalue weighted by molar-refractivity contribution is 7.91. The molecule has 112 valence electrons. The third kappa shape index (κ3) is 3.93. The number of nitrogens with zero attached hydrogens (tertiary/aromatic N) is 1. The van der Waals surface area contributed by atoms with Gasteiger partial charge in [0.25, 0.3) is 0 Å². The Morgan fingerprint density at radius 3 is 2.75 bits per heavy atom. The first-order valence-corrected chi connectivity index (χ1v) is 8.69. The number of anilines is 1. The number of sulfone groups is 1. The van der Waals surface area contributed by atoms with Gasteiger partial charge in [0.05, 0.1) is 17.2 Å². The van der Waals surface area contributed by atoms with Crippen molar-refractivity contribution >= 4 is 15.5 Å². The summed E-state index contributed by atoms with van der Waals surface area (Å²) >= 11 is 0. The fourth-order valence-electron chi connectivity index (χ4n) is 2.48. The molecule has 2 rings (SSSR count). The van der Waals surface area contributed by atoms with Gasteiger partial charge in [-0.1, -0.05) is 6.07 Å². The quantitative estimate of drug-likeness (QED) is 0.915. The highest BCUT2D eigenvalue weighted by Crippen LogP contribution is 2.23. The largest absolute Gasteiger partial charge is 0.368 e. The molecule has 0 aromatic heterocycles. The molecule has 1 aromatic carbocycles. The molecule has 1 fully saturated rings. The summed E-state index contributed by atoms with van der Waals surface area (Å²) in [5.74, 6) is -0.0236. The van der Waals surface area contributed by atoms with Crippen LogP contribution in [0, 0.1) is 5.82 Å². The van der Waals surface area contributed by atoms with Gasteiger partial charge < -0.3 is 10.6 Å². The van der Waals surface area contributed by atoms with Crippen LogP contribution in [0.25, 0.3) is 0 Å². The minimum absolute atomic E-state index is 0.0106. The van der Waals surface area contributed by atoms with Gasteiger partial charge in [-0.2, -0.15) is 0 Å². The second-order valence-electron chi connectivity index (χ2n) is 5.46. The molecule has 0 amide bonds. The van der Waals surface area contributed by atoms with Gasteiger partial charge in [0.15, 0.2) is 9.84 Å². The minimum atomic E-state index is -2.98. The van der Waals surface area contributed by atoms with E-state index in [1.54, 1.807) is 6.07 Å². The molecule has 0 spiro atoms. The molecule has 1 aliphatic rings. The van der Waals surface area contributed by atoms with Crippen LogP contribution in [-0.4, -0.2) is 39.1 Å². The summed E-state index contributed by atoms with van der Waals surface area (Å²) < 4.78 is 37.3. The highest BCUT2D eigenvalue weighted by atomic mass is 32.2. The van der Waals surface area contributed by atoms with Crippen molar-refractivity contribution in [3.63, 3.8) is 0 Å². The van der Waals surface area contributed by atoms with Crippen molar-refractivity contribution < 1.29 is 12.8 Å². The van der Waals surface area contributed by atoms with Crippen molar-refractivity contribution in [3.05, 3.63) is 29.6 Å². The van der Waals surface area contributed by atoms with Crippen molar-refractivity contribution in [2.45, 2.75) is 25.8 Å². The maximum Gasteiger partial charge on any atom is 0.152 e. The first-order valence-electron chi connectivity index (χ1n) is 6.87. The summed E-state index contributed by atoms with van der Waals surface area (Å²) in [5, 5.41) is 0. The first kappa shape index (κ1) is 15.3. The first-order chi connectivity index (χ1) is 9.37. The normalized spacial score (nSPS) is 20.4. The van der Waals surface area contributed by atoms with Crippen LogP contribution < -0.4 is 10.6 Å². The Balaban J connectivity index is 2.16. The Morgan fingerprint density at radius 2 is 2.10 bits per heavy atom. The van der Waals surface area contributed by atoms with Crippen LogP contribution in [0.2, 0.25) is 0 Å². The predicted octanol–water partition coefficient (Wildman–Crippen LogP) is 1.34. The van der Waals surface area contributed by atoms with Crippen LogP contribution in [0.1, 0.15) is 18.9 Å². The summed E-state index contributed by atoms with van der Waals surface area (Å²) in [5.41, 5.74) is 7.05. The molecule has 1 unspecified atom stereocenters. The van der Waals surface area contributed by atoms with Crippen LogP contribution in [0.3, 0.4) is 0 Å². The highest BCUT2D eigenvalue weighted by Gasteiger charge is 2.21. The molecule has 1 atom stereocenters. The lowest BCUT2D eigenvalue weighted by molar-refractivity contribution is 0.596. The fraction of sp³-hybridized carbons (Fsp3) is 0.571. The summed E-state index contributed by atoms with van der Waals surface area (Å²) in [6.07, 6.45) is 1.18. The van der Waals surface area contributed by atoms with Crippen LogP contribution in [0.15, 0.2) is 18.2 Å². The zero-order chi connectivity index (χ0) is 14.8. The van der Waals surface area contributed by atoms with E-state index < -0.39 is 9.84 Å². The average molecular weight is 300 g/mol. The van der Waals surface area contributed by atoms with Gasteiger partial charge in [-0.15, -0.1) is 0 Å². The van der Waals surface area contributed by atoms with Crippen molar-refractivity contribution in [3.8, 4) is 0 Å². The molecule has 6 heteroatoms. The zero-order valence-corrected chi connectivity index (χ0v) is 12.5. The standard InChI is InChI=1S/C14H21FN2O2S/c1-11(16)9-12-3-4-14(13(15)10-12)17-5-2-7-20(18,19)8-6-17/h3-4,10-11H,2,5-9,16H2,1H3. The number of nitrogens with two attached hydrogens (primary N) is 1. The van der Waals surface area contributed by atoms with Gasteiger partial charge in [0.2, 0.25) is 0 Å². The van der Waals surface area contributed by atoms with Crippen molar-refractivity contribution in [2.24, 2.45) is 5.73 Å². The third-order valence-electron chi connectivity index (χ3n) is 3.47. The monoisotopic (exact) mass is 300 g/mol. The van der Waals surface area contributed by atoms with Gasteiger partial charge in [-0.25, -0.2) is 12.8 Å². The molecule has 1 saturated heterocycles. The summed E-state index contributed by atoms with van der Waals surface area (Å²) in [6, 6.07) is 5.08. The van der Waals surface area contributed by atoms with E-state index in [9.17, 15) is 12.8 Å². The number of benzene rings is 1. The second-order valence-corrected chi connectivity index (χ2v) is 7.76. The second kappa shape index (κ2) is 6.10. The van der Waals surface area contributed by atoms with E-state index in [1.807, 2.05) is 17.9 Å². The van der Waals surface area contributed by atoms with Crippen LogP contribution in [0.4, 0.5) is 10.1 Å². The molecule has 0 aliphatic carbocycles. The van der Waals surface area contributed by atoms with E-state index in [4.69, 9.17) is 5.73 Å². The number of halogens is 1. The van der Waals surface area contributed by atoms with Gasteiger partial charge in [-0.3, -0.25) is 0 Å². The Kier molecular flexibility index (Phi) is 4.65. The Morgan fingerprint density at radius 1 is 1.35 bits per heavy atom. The van der Waals surface area contributed by atoms with E-state index in [0.29, 0.717) is 31.6 Å². The molecule has 20 heavy (non-hydrogen) atoms. The van der Waals surface area contributed by atoms with E-state index in [-0.39, 0.29) is 23.4 Å². The topological polar surface area (TPSA) is 63.4 Å². The van der Waals surface area contributed by atoms with Crippen molar-refractivity contribution in [2.75, 3.05) is 29.5 Å². The minimum Gasteiger partial charge on any atom is -0.368 e. The van der Waals surface area contributed by atoms with Gasteiger partial charge in [0, 0.05) is 19.1 Å². The summed E-state index contributed by atoms with van der Waals surface area (Å²) in [7, 11) is -2.98. The molecule has 2 N–H and O–H groups in total. The van der Waals surface area contributed by atoms with Crippen molar-refractivity contribution in [1.82, 2.24) is 0 Å². The molecular weight excluding hydrogens is 279 g/mol. The Bertz CT molecular complexity index is 573. The summed E-state index contributed by atoms with van der Waals surface area (Å²) in [4.78, 5) is 1.82. The molecule has 0 radical (unpaired) electrons. The van der Waals surface area contributed by atoms with Crippen LogP contribution in [0.5, 0.6) is 0 Å². The maximum atomic E-state index is 14.2. The van der Waals surface area contributed by atoms with E-state index in [0.717, 1.165) is 5.56 Å². The molecule has 0 saturated carbocycles.